The Hall–Kier alpha value is -3.37. The molecule has 0 aliphatic rings. The van der Waals surface area contributed by atoms with Gasteiger partial charge in [0.05, 0.1) is 0 Å². The minimum atomic E-state index is -0.483. The number of H-pyrrole nitrogens is 1. The number of pyridine rings is 1. The second-order valence-electron chi connectivity index (χ2n) is 6.14. The maximum Gasteiger partial charge on any atom is 0.261 e. The second kappa shape index (κ2) is 7.09. The first kappa shape index (κ1) is 17.1. The van der Waals surface area contributed by atoms with Gasteiger partial charge in [-0.15, -0.1) is 0 Å². The molecule has 0 aliphatic heterocycles. The number of aromatic nitrogens is 1. The van der Waals surface area contributed by atoms with E-state index in [-0.39, 0.29) is 5.56 Å². The van der Waals surface area contributed by atoms with E-state index in [9.17, 15) is 9.59 Å². The Morgan fingerprint density at radius 3 is 2.44 bits per heavy atom. The SMILES string of the molecule is O=C(Nc1cccc(Cl)c1)c1ccc(-c2ccc3ccccc3c2)[nH]c1=O. The lowest BCUT2D eigenvalue weighted by molar-refractivity contribution is 0.102. The number of nitrogens with one attached hydrogen (secondary N) is 2. The number of benzene rings is 3. The maximum atomic E-state index is 12.4. The molecule has 0 aliphatic carbocycles. The van der Waals surface area contributed by atoms with Gasteiger partial charge < -0.3 is 10.3 Å². The Kier molecular flexibility index (Phi) is 4.48. The van der Waals surface area contributed by atoms with Crippen LogP contribution in [-0.2, 0) is 0 Å². The third-order valence-corrected chi connectivity index (χ3v) is 4.53. The van der Waals surface area contributed by atoms with Crippen molar-refractivity contribution in [2.24, 2.45) is 0 Å². The summed E-state index contributed by atoms with van der Waals surface area (Å²) in [6, 6.07) is 24.0. The number of amides is 1. The van der Waals surface area contributed by atoms with Gasteiger partial charge in [-0.05, 0) is 52.7 Å². The monoisotopic (exact) mass is 374 g/mol. The Morgan fingerprint density at radius 2 is 1.67 bits per heavy atom. The van der Waals surface area contributed by atoms with Gasteiger partial charge in [0.15, 0.2) is 0 Å². The average Bonchev–Trinajstić information content (AvgIpc) is 2.67. The van der Waals surface area contributed by atoms with E-state index in [0.29, 0.717) is 16.4 Å². The van der Waals surface area contributed by atoms with E-state index in [2.05, 4.69) is 10.3 Å². The third-order valence-electron chi connectivity index (χ3n) is 4.30. The standard InChI is InChI=1S/C22H15ClN2O2/c23-17-6-3-7-18(13-17)24-21(26)19-10-11-20(25-22(19)27)16-9-8-14-4-1-2-5-15(14)12-16/h1-13H,(H,24,26)(H,25,27). The van der Waals surface area contributed by atoms with Crippen molar-refractivity contribution in [1.82, 2.24) is 4.98 Å². The molecule has 2 N–H and O–H groups in total. The number of hydrogen-bond acceptors (Lipinski definition) is 2. The van der Waals surface area contributed by atoms with E-state index in [1.165, 1.54) is 6.07 Å². The number of hydrogen-bond donors (Lipinski definition) is 2. The highest BCUT2D eigenvalue weighted by Crippen LogP contribution is 2.22. The Morgan fingerprint density at radius 1 is 0.852 bits per heavy atom. The fourth-order valence-electron chi connectivity index (χ4n) is 2.94. The van der Waals surface area contributed by atoms with Gasteiger partial charge in [0, 0.05) is 16.4 Å². The summed E-state index contributed by atoms with van der Waals surface area (Å²) in [6.07, 6.45) is 0. The predicted molar refractivity (Wildman–Crippen MR) is 109 cm³/mol. The number of rotatable bonds is 3. The molecule has 4 nitrogen and oxygen atoms in total. The summed E-state index contributed by atoms with van der Waals surface area (Å²) in [5.74, 6) is -0.483. The lowest BCUT2D eigenvalue weighted by atomic mass is 10.0. The molecule has 4 aromatic rings. The van der Waals surface area contributed by atoms with Gasteiger partial charge in [-0.25, -0.2) is 0 Å². The number of fused-ring (bicyclic) bond motifs is 1. The van der Waals surface area contributed by atoms with Gasteiger partial charge in [0.2, 0.25) is 0 Å². The van der Waals surface area contributed by atoms with Crippen LogP contribution < -0.4 is 10.9 Å². The van der Waals surface area contributed by atoms with Crippen LogP contribution in [0.25, 0.3) is 22.0 Å². The highest BCUT2D eigenvalue weighted by atomic mass is 35.5. The molecule has 0 spiro atoms. The van der Waals surface area contributed by atoms with E-state index in [1.54, 1.807) is 30.3 Å². The molecule has 132 valence electrons. The summed E-state index contributed by atoms with van der Waals surface area (Å²) >= 11 is 5.92. The van der Waals surface area contributed by atoms with Crippen LogP contribution in [-0.4, -0.2) is 10.9 Å². The molecule has 0 radical (unpaired) electrons. The summed E-state index contributed by atoms with van der Waals surface area (Å²) in [7, 11) is 0. The molecule has 1 aromatic heterocycles. The van der Waals surface area contributed by atoms with E-state index >= 15 is 0 Å². The molecule has 0 unspecified atom stereocenters. The van der Waals surface area contributed by atoms with Crippen molar-refractivity contribution in [3.05, 3.63) is 99.8 Å². The molecule has 4 rings (SSSR count). The topological polar surface area (TPSA) is 62.0 Å². The van der Waals surface area contributed by atoms with Crippen LogP contribution in [0.5, 0.6) is 0 Å². The molecule has 1 heterocycles. The second-order valence-corrected chi connectivity index (χ2v) is 6.58. The number of carbonyl (C=O) groups is 1. The number of carbonyl (C=O) groups excluding carboxylic acids is 1. The largest absolute Gasteiger partial charge is 0.322 e. The van der Waals surface area contributed by atoms with Crippen molar-refractivity contribution >= 4 is 34.0 Å². The maximum absolute atomic E-state index is 12.4. The fourth-order valence-corrected chi connectivity index (χ4v) is 3.13. The zero-order valence-corrected chi connectivity index (χ0v) is 15.0. The van der Waals surface area contributed by atoms with E-state index in [4.69, 9.17) is 11.6 Å². The molecular formula is C22H15ClN2O2. The van der Waals surface area contributed by atoms with Gasteiger partial charge in [-0.1, -0.05) is 54.1 Å². The Bertz CT molecular complexity index is 1210. The van der Waals surface area contributed by atoms with E-state index in [0.717, 1.165) is 16.3 Å². The molecule has 5 heteroatoms. The molecule has 3 aromatic carbocycles. The van der Waals surface area contributed by atoms with Crippen LogP contribution in [0, 0.1) is 0 Å². The molecule has 0 atom stereocenters. The lowest BCUT2D eigenvalue weighted by Crippen LogP contribution is -2.23. The normalized spacial score (nSPS) is 10.7. The number of halogens is 1. The Labute approximate surface area is 160 Å². The molecule has 0 bridgehead atoms. The predicted octanol–water partition coefficient (Wildman–Crippen LogP) is 5.10. The van der Waals surface area contributed by atoms with Crippen molar-refractivity contribution in [1.29, 1.82) is 0 Å². The minimum Gasteiger partial charge on any atom is -0.322 e. The molecular weight excluding hydrogens is 360 g/mol. The first-order valence-corrected chi connectivity index (χ1v) is 8.77. The van der Waals surface area contributed by atoms with E-state index < -0.39 is 11.5 Å². The van der Waals surface area contributed by atoms with Crippen LogP contribution in [0.4, 0.5) is 5.69 Å². The average molecular weight is 375 g/mol. The zero-order valence-electron chi connectivity index (χ0n) is 14.2. The van der Waals surface area contributed by atoms with Gasteiger partial charge in [-0.3, -0.25) is 9.59 Å². The first-order valence-electron chi connectivity index (χ1n) is 8.39. The van der Waals surface area contributed by atoms with Crippen molar-refractivity contribution in [2.75, 3.05) is 5.32 Å². The van der Waals surface area contributed by atoms with Gasteiger partial charge in [0.25, 0.3) is 11.5 Å². The smallest absolute Gasteiger partial charge is 0.261 e. The van der Waals surface area contributed by atoms with Crippen LogP contribution in [0.3, 0.4) is 0 Å². The fraction of sp³-hybridized carbons (Fsp3) is 0. The molecule has 1 amide bonds. The number of aromatic amines is 1. The zero-order chi connectivity index (χ0) is 18.8. The Balaban J connectivity index is 1.63. The van der Waals surface area contributed by atoms with Gasteiger partial charge in [0.1, 0.15) is 5.56 Å². The highest BCUT2D eigenvalue weighted by molar-refractivity contribution is 6.31. The summed E-state index contributed by atoms with van der Waals surface area (Å²) < 4.78 is 0. The lowest BCUT2D eigenvalue weighted by Gasteiger charge is -2.07. The molecule has 0 fully saturated rings. The van der Waals surface area contributed by atoms with Crippen LogP contribution in [0.15, 0.2) is 83.7 Å². The van der Waals surface area contributed by atoms with Gasteiger partial charge >= 0.3 is 0 Å². The van der Waals surface area contributed by atoms with E-state index in [1.807, 2.05) is 42.5 Å². The van der Waals surface area contributed by atoms with Crippen molar-refractivity contribution in [3.8, 4) is 11.3 Å². The highest BCUT2D eigenvalue weighted by Gasteiger charge is 2.12. The summed E-state index contributed by atoms with van der Waals surface area (Å²) in [5.41, 5.74) is 1.67. The summed E-state index contributed by atoms with van der Waals surface area (Å²) in [4.78, 5) is 27.6. The first-order chi connectivity index (χ1) is 13.1. The van der Waals surface area contributed by atoms with Crippen LogP contribution in [0.1, 0.15) is 10.4 Å². The summed E-state index contributed by atoms with van der Waals surface area (Å²) in [6.45, 7) is 0. The summed E-state index contributed by atoms with van der Waals surface area (Å²) in [5, 5.41) is 5.40. The molecule has 27 heavy (non-hydrogen) atoms. The molecule has 0 saturated carbocycles. The van der Waals surface area contributed by atoms with Crippen molar-refractivity contribution in [3.63, 3.8) is 0 Å². The molecule has 0 saturated heterocycles. The van der Waals surface area contributed by atoms with Crippen molar-refractivity contribution in [2.45, 2.75) is 0 Å². The third kappa shape index (κ3) is 3.61. The number of anilines is 1. The van der Waals surface area contributed by atoms with Gasteiger partial charge in [-0.2, -0.15) is 0 Å². The van der Waals surface area contributed by atoms with Crippen LogP contribution >= 0.6 is 11.6 Å². The van der Waals surface area contributed by atoms with Crippen molar-refractivity contribution < 1.29 is 4.79 Å². The van der Waals surface area contributed by atoms with Crippen LogP contribution in [0.2, 0.25) is 5.02 Å². The minimum absolute atomic E-state index is 0.0412. The quantitative estimate of drug-likeness (QED) is 0.524.